The summed E-state index contributed by atoms with van der Waals surface area (Å²) < 4.78 is 0.848. The van der Waals surface area contributed by atoms with E-state index in [1.807, 2.05) is 13.8 Å². The van der Waals surface area contributed by atoms with Gasteiger partial charge in [0.15, 0.2) is 10.2 Å². The van der Waals surface area contributed by atoms with E-state index in [4.69, 9.17) is 10.9 Å². The number of aromatic nitrogens is 2. The smallest absolute Gasteiger partial charge is 0.175 e. The van der Waals surface area contributed by atoms with Crippen LogP contribution in [0.2, 0.25) is 0 Å². The third kappa shape index (κ3) is 2.85. The Morgan fingerprint density at radius 2 is 2.43 bits per heavy atom. The SMILES string of the molecule is CCC(Sc1nnc(C)s1)C(N)=NO. The summed E-state index contributed by atoms with van der Waals surface area (Å²) in [6, 6.07) is 0. The maximum atomic E-state index is 8.54. The van der Waals surface area contributed by atoms with Gasteiger partial charge in [0.05, 0.1) is 5.25 Å². The molecule has 1 aromatic heterocycles. The molecule has 0 aliphatic rings. The summed E-state index contributed by atoms with van der Waals surface area (Å²) in [4.78, 5) is 0. The van der Waals surface area contributed by atoms with Gasteiger partial charge in [-0.3, -0.25) is 0 Å². The lowest BCUT2D eigenvalue weighted by molar-refractivity contribution is 0.317. The lowest BCUT2D eigenvalue weighted by Gasteiger charge is -2.09. The highest BCUT2D eigenvalue weighted by Gasteiger charge is 2.15. The predicted octanol–water partition coefficient (Wildman–Crippen LogP) is 1.46. The van der Waals surface area contributed by atoms with Crippen LogP contribution in [0.5, 0.6) is 0 Å². The summed E-state index contributed by atoms with van der Waals surface area (Å²) in [5.41, 5.74) is 5.52. The van der Waals surface area contributed by atoms with E-state index >= 15 is 0 Å². The van der Waals surface area contributed by atoms with E-state index in [0.717, 1.165) is 15.8 Å². The number of nitrogens with zero attached hydrogens (tertiary/aromatic N) is 3. The standard InChI is InChI=1S/C7H12N4OS2/c1-3-5(6(8)11-12)14-7-10-9-4(2)13-7/h5,12H,3H2,1-2H3,(H2,8,11). The average Bonchev–Trinajstić information content (AvgIpc) is 2.59. The van der Waals surface area contributed by atoms with Crippen molar-refractivity contribution in [1.29, 1.82) is 0 Å². The number of aryl methyl sites for hydroxylation is 1. The zero-order chi connectivity index (χ0) is 10.6. The predicted molar refractivity (Wildman–Crippen MR) is 58.0 cm³/mol. The Hall–Kier alpha value is -0.820. The second-order valence-electron chi connectivity index (χ2n) is 2.63. The highest BCUT2D eigenvalue weighted by molar-refractivity contribution is 8.02. The molecule has 1 aromatic rings. The number of amidine groups is 1. The maximum absolute atomic E-state index is 8.54. The molecule has 0 bridgehead atoms. The zero-order valence-electron chi connectivity index (χ0n) is 7.97. The molecule has 0 amide bonds. The molecule has 0 aliphatic heterocycles. The van der Waals surface area contributed by atoms with Crippen molar-refractivity contribution < 1.29 is 5.21 Å². The van der Waals surface area contributed by atoms with E-state index in [1.54, 1.807) is 0 Å². The van der Waals surface area contributed by atoms with Crippen LogP contribution in [0.15, 0.2) is 9.50 Å². The van der Waals surface area contributed by atoms with Crippen LogP contribution in [0, 0.1) is 6.92 Å². The minimum absolute atomic E-state index is 0.0349. The van der Waals surface area contributed by atoms with Gasteiger partial charge in [-0.05, 0) is 13.3 Å². The van der Waals surface area contributed by atoms with E-state index in [2.05, 4.69) is 15.4 Å². The van der Waals surface area contributed by atoms with Crippen molar-refractivity contribution in [3.05, 3.63) is 5.01 Å². The Balaban J connectivity index is 2.66. The molecule has 1 atom stereocenters. The summed E-state index contributed by atoms with van der Waals surface area (Å²) in [6.45, 7) is 3.87. The normalized spacial score (nSPS) is 14.3. The minimum atomic E-state index is -0.0349. The molecule has 0 radical (unpaired) electrons. The zero-order valence-corrected chi connectivity index (χ0v) is 9.60. The molecule has 0 aliphatic carbocycles. The molecular weight excluding hydrogens is 220 g/mol. The molecule has 0 spiro atoms. The van der Waals surface area contributed by atoms with Crippen molar-refractivity contribution >= 4 is 28.9 Å². The fourth-order valence-electron chi connectivity index (χ4n) is 0.865. The largest absolute Gasteiger partial charge is 0.409 e. The van der Waals surface area contributed by atoms with Crippen LogP contribution < -0.4 is 5.73 Å². The maximum Gasteiger partial charge on any atom is 0.175 e. The van der Waals surface area contributed by atoms with Crippen molar-refractivity contribution in [2.45, 2.75) is 29.9 Å². The van der Waals surface area contributed by atoms with Crippen LogP contribution in [0.4, 0.5) is 0 Å². The minimum Gasteiger partial charge on any atom is -0.409 e. The summed E-state index contributed by atoms with van der Waals surface area (Å²) in [5, 5.41) is 20.3. The molecule has 0 aromatic carbocycles. The summed E-state index contributed by atoms with van der Waals surface area (Å²) in [5.74, 6) is 0.227. The van der Waals surface area contributed by atoms with Crippen LogP contribution >= 0.6 is 23.1 Å². The molecule has 3 N–H and O–H groups in total. The van der Waals surface area contributed by atoms with Crippen molar-refractivity contribution in [3.8, 4) is 0 Å². The van der Waals surface area contributed by atoms with Crippen LogP contribution in [0.3, 0.4) is 0 Å². The van der Waals surface area contributed by atoms with E-state index < -0.39 is 0 Å². The Kier molecular flexibility index (Phi) is 4.15. The first-order valence-electron chi connectivity index (χ1n) is 4.11. The fourth-order valence-corrected chi connectivity index (χ4v) is 2.85. The average molecular weight is 232 g/mol. The molecular formula is C7H12N4OS2. The molecule has 7 heteroatoms. The molecule has 1 unspecified atom stereocenters. The van der Waals surface area contributed by atoms with E-state index in [1.165, 1.54) is 23.1 Å². The summed E-state index contributed by atoms with van der Waals surface area (Å²) >= 11 is 2.98. The van der Waals surface area contributed by atoms with Gasteiger partial charge in [0.1, 0.15) is 5.01 Å². The fraction of sp³-hybridized carbons (Fsp3) is 0.571. The van der Waals surface area contributed by atoms with Gasteiger partial charge in [0.2, 0.25) is 0 Å². The lowest BCUT2D eigenvalue weighted by atomic mass is 10.3. The summed E-state index contributed by atoms with van der Waals surface area (Å²) in [7, 11) is 0. The van der Waals surface area contributed by atoms with Gasteiger partial charge in [-0.1, -0.05) is 35.2 Å². The highest BCUT2D eigenvalue weighted by atomic mass is 32.2. The number of hydrogen-bond donors (Lipinski definition) is 2. The quantitative estimate of drug-likeness (QED) is 0.270. The Labute approximate surface area is 90.4 Å². The number of oxime groups is 1. The topological polar surface area (TPSA) is 84.4 Å². The highest BCUT2D eigenvalue weighted by Crippen LogP contribution is 2.27. The molecule has 0 fully saturated rings. The van der Waals surface area contributed by atoms with Gasteiger partial charge in [-0.2, -0.15) is 0 Å². The first-order valence-corrected chi connectivity index (χ1v) is 5.81. The van der Waals surface area contributed by atoms with Gasteiger partial charge in [0, 0.05) is 0 Å². The molecule has 5 nitrogen and oxygen atoms in total. The first-order chi connectivity index (χ1) is 6.67. The third-order valence-electron chi connectivity index (χ3n) is 1.57. The van der Waals surface area contributed by atoms with Crippen LogP contribution in [0.25, 0.3) is 0 Å². The summed E-state index contributed by atoms with van der Waals surface area (Å²) in [6.07, 6.45) is 0.791. The molecule has 0 saturated heterocycles. The molecule has 1 heterocycles. The molecule has 78 valence electrons. The van der Waals surface area contributed by atoms with Crippen LogP contribution in [-0.2, 0) is 0 Å². The number of nitrogens with two attached hydrogens (primary N) is 1. The van der Waals surface area contributed by atoms with Gasteiger partial charge < -0.3 is 10.9 Å². The van der Waals surface area contributed by atoms with Crippen LogP contribution in [0.1, 0.15) is 18.4 Å². The second kappa shape index (κ2) is 5.16. The van der Waals surface area contributed by atoms with E-state index in [0.29, 0.717) is 0 Å². The molecule has 0 saturated carbocycles. The molecule has 14 heavy (non-hydrogen) atoms. The third-order valence-corrected chi connectivity index (χ3v) is 3.88. The van der Waals surface area contributed by atoms with E-state index in [9.17, 15) is 0 Å². The van der Waals surface area contributed by atoms with Gasteiger partial charge in [0.25, 0.3) is 0 Å². The van der Waals surface area contributed by atoms with Crippen LogP contribution in [-0.4, -0.2) is 26.5 Å². The Bertz CT molecular complexity index is 325. The van der Waals surface area contributed by atoms with Gasteiger partial charge >= 0.3 is 0 Å². The second-order valence-corrected chi connectivity index (χ2v) is 5.26. The van der Waals surface area contributed by atoms with Crippen molar-refractivity contribution in [1.82, 2.24) is 10.2 Å². The van der Waals surface area contributed by atoms with Crippen molar-refractivity contribution in [3.63, 3.8) is 0 Å². The molecule has 1 rings (SSSR count). The van der Waals surface area contributed by atoms with Crippen molar-refractivity contribution in [2.24, 2.45) is 10.9 Å². The van der Waals surface area contributed by atoms with Crippen molar-refractivity contribution in [2.75, 3.05) is 0 Å². The van der Waals surface area contributed by atoms with Gasteiger partial charge in [-0.15, -0.1) is 10.2 Å². The number of thioether (sulfide) groups is 1. The number of hydrogen-bond acceptors (Lipinski definition) is 6. The number of rotatable bonds is 4. The first kappa shape index (κ1) is 11.3. The Morgan fingerprint density at radius 1 is 1.71 bits per heavy atom. The lowest BCUT2D eigenvalue weighted by Crippen LogP contribution is -2.25. The van der Waals surface area contributed by atoms with E-state index in [-0.39, 0.29) is 11.1 Å². The van der Waals surface area contributed by atoms with Gasteiger partial charge in [-0.25, -0.2) is 0 Å². The monoisotopic (exact) mass is 232 g/mol. The Morgan fingerprint density at radius 3 is 2.86 bits per heavy atom.